The van der Waals surface area contributed by atoms with Crippen LogP contribution < -0.4 is 15.4 Å². The second kappa shape index (κ2) is 9.80. The van der Waals surface area contributed by atoms with E-state index in [1.54, 1.807) is 12.1 Å². The van der Waals surface area contributed by atoms with Crippen LogP contribution in [0.2, 0.25) is 5.15 Å². The second-order valence-electron chi connectivity index (χ2n) is 8.43. The fourth-order valence-electron chi connectivity index (χ4n) is 4.13. The summed E-state index contributed by atoms with van der Waals surface area (Å²) in [5, 5.41) is 20.2. The minimum atomic E-state index is -0.428. The lowest BCUT2D eigenvalue weighted by atomic mass is 10.0. The number of fused-ring (bicyclic) bond motifs is 1. The summed E-state index contributed by atoms with van der Waals surface area (Å²) in [4.78, 5) is 38.8. The van der Waals surface area contributed by atoms with E-state index in [0.717, 1.165) is 17.8 Å². The molecule has 36 heavy (non-hydrogen) atoms. The van der Waals surface area contributed by atoms with Crippen LogP contribution in [-0.2, 0) is 0 Å². The van der Waals surface area contributed by atoms with E-state index in [4.69, 9.17) is 16.3 Å². The standard InChI is InChI=1S/C23H22ClN7O4S/c1-11-5-14(15-7-19(24)26-9-18(15)35-2)16(8-25-11)20(33)29-22-30-31-10-17(28-23(31)36-22)21(34)27-12-3-4-13(32)6-12/h5,7-10,12-13,32H,3-4,6H2,1-2H3,(H,27,34)(H,29,30,33)/t12-,13+/m1/s1. The number of hydrogen-bond acceptors (Lipinski definition) is 9. The Kier molecular flexibility index (Phi) is 6.56. The summed E-state index contributed by atoms with van der Waals surface area (Å²) < 4.78 is 6.86. The zero-order valence-electron chi connectivity index (χ0n) is 19.4. The molecule has 3 N–H and O–H groups in total. The summed E-state index contributed by atoms with van der Waals surface area (Å²) in [6, 6.07) is 3.33. The molecule has 1 fully saturated rings. The van der Waals surface area contributed by atoms with Crippen LogP contribution in [0.25, 0.3) is 16.1 Å². The first-order chi connectivity index (χ1) is 17.3. The Balaban J connectivity index is 1.36. The van der Waals surface area contributed by atoms with Crippen LogP contribution in [0.5, 0.6) is 5.75 Å². The van der Waals surface area contributed by atoms with E-state index in [2.05, 4.69) is 30.7 Å². The summed E-state index contributed by atoms with van der Waals surface area (Å²) in [7, 11) is 1.51. The average molecular weight is 528 g/mol. The first-order valence-corrected chi connectivity index (χ1v) is 12.3. The van der Waals surface area contributed by atoms with E-state index in [1.165, 1.54) is 30.2 Å². The maximum Gasteiger partial charge on any atom is 0.271 e. The minimum absolute atomic E-state index is 0.0683. The molecular weight excluding hydrogens is 506 g/mol. The predicted octanol–water partition coefficient (Wildman–Crippen LogP) is 3.11. The Hall–Kier alpha value is -3.61. The fourth-order valence-corrected chi connectivity index (χ4v) is 5.06. The molecule has 186 valence electrons. The van der Waals surface area contributed by atoms with Crippen LogP contribution in [0, 0.1) is 6.92 Å². The second-order valence-corrected chi connectivity index (χ2v) is 9.77. The molecule has 4 heterocycles. The number of halogens is 1. The molecule has 1 saturated carbocycles. The largest absolute Gasteiger partial charge is 0.494 e. The van der Waals surface area contributed by atoms with Crippen molar-refractivity contribution in [1.29, 1.82) is 0 Å². The quantitative estimate of drug-likeness (QED) is 0.324. The predicted molar refractivity (Wildman–Crippen MR) is 134 cm³/mol. The van der Waals surface area contributed by atoms with Crippen molar-refractivity contribution in [2.45, 2.75) is 38.3 Å². The first kappa shape index (κ1) is 24.1. The summed E-state index contributed by atoms with van der Waals surface area (Å²) in [6.45, 7) is 1.82. The number of aryl methyl sites for hydroxylation is 1. The number of aromatic nitrogens is 5. The van der Waals surface area contributed by atoms with Gasteiger partial charge < -0.3 is 15.2 Å². The summed E-state index contributed by atoms with van der Waals surface area (Å²) >= 11 is 7.24. The normalized spacial score (nSPS) is 17.3. The molecule has 0 bridgehead atoms. The Labute approximate surface area is 214 Å². The number of rotatable bonds is 6. The van der Waals surface area contributed by atoms with Crippen molar-refractivity contribution in [3.8, 4) is 16.9 Å². The van der Waals surface area contributed by atoms with E-state index in [0.29, 0.717) is 51.1 Å². The van der Waals surface area contributed by atoms with Crippen LogP contribution in [0.3, 0.4) is 0 Å². The van der Waals surface area contributed by atoms with Crippen molar-refractivity contribution in [3.63, 3.8) is 0 Å². The molecule has 1 aliphatic rings. The van der Waals surface area contributed by atoms with E-state index in [1.807, 2.05) is 6.92 Å². The smallest absolute Gasteiger partial charge is 0.271 e. The molecule has 4 aromatic heterocycles. The highest BCUT2D eigenvalue weighted by atomic mass is 35.5. The summed E-state index contributed by atoms with van der Waals surface area (Å²) in [6.07, 6.45) is 6.04. The third-order valence-corrected chi connectivity index (χ3v) is 6.91. The molecule has 11 nitrogen and oxygen atoms in total. The molecule has 0 radical (unpaired) electrons. The Morgan fingerprint density at radius 1 is 1.19 bits per heavy atom. The Morgan fingerprint density at radius 3 is 2.75 bits per heavy atom. The number of carbonyl (C=O) groups is 2. The van der Waals surface area contributed by atoms with Gasteiger partial charge in [0.15, 0.2) is 0 Å². The molecule has 1 aliphatic carbocycles. The SMILES string of the molecule is COc1cnc(Cl)cc1-c1cc(C)ncc1C(=O)Nc1nn2cc(C(=O)N[C@@H]3CC[C@H](O)C3)nc2s1. The molecule has 4 aromatic rings. The van der Waals surface area contributed by atoms with Gasteiger partial charge in [-0.1, -0.05) is 22.9 Å². The van der Waals surface area contributed by atoms with Gasteiger partial charge in [0.2, 0.25) is 10.1 Å². The van der Waals surface area contributed by atoms with Gasteiger partial charge in [-0.3, -0.25) is 19.9 Å². The number of ether oxygens (including phenoxy) is 1. The lowest BCUT2D eigenvalue weighted by molar-refractivity contribution is 0.0928. The molecular formula is C23H22ClN7O4S. The van der Waals surface area contributed by atoms with E-state index in [-0.39, 0.29) is 28.9 Å². The van der Waals surface area contributed by atoms with Crippen LogP contribution in [0.15, 0.2) is 30.7 Å². The van der Waals surface area contributed by atoms with Gasteiger partial charge in [0.25, 0.3) is 11.8 Å². The number of aliphatic hydroxyl groups excluding tert-OH is 1. The number of aliphatic hydroxyl groups is 1. The number of methoxy groups -OCH3 is 1. The Morgan fingerprint density at radius 2 is 2.03 bits per heavy atom. The minimum Gasteiger partial charge on any atom is -0.494 e. The van der Waals surface area contributed by atoms with Crippen molar-refractivity contribution in [2.75, 3.05) is 12.4 Å². The average Bonchev–Trinajstić information content (AvgIpc) is 3.53. The van der Waals surface area contributed by atoms with Crippen molar-refractivity contribution >= 4 is 44.8 Å². The van der Waals surface area contributed by atoms with Gasteiger partial charge in [-0.2, -0.15) is 0 Å². The van der Waals surface area contributed by atoms with E-state index < -0.39 is 5.91 Å². The van der Waals surface area contributed by atoms with Crippen LogP contribution in [0.1, 0.15) is 45.8 Å². The third kappa shape index (κ3) is 4.87. The zero-order chi connectivity index (χ0) is 25.4. The molecule has 0 aliphatic heterocycles. The van der Waals surface area contributed by atoms with Crippen molar-refractivity contribution in [3.05, 3.63) is 52.8 Å². The topological polar surface area (TPSA) is 144 Å². The van der Waals surface area contributed by atoms with Gasteiger partial charge in [0.1, 0.15) is 16.6 Å². The Bertz CT molecular complexity index is 1440. The third-order valence-electron chi connectivity index (χ3n) is 5.87. The van der Waals surface area contributed by atoms with E-state index >= 15 is 0 Å². The molecule has 0 spiro atoms. The number of hydrogen-bond donors (Lipinski definition) is 3. The molecule has 13 heteroatoms. The van der Waals surface area contributed by atoms with Gasteiger partial charge in [-0.05, 0) is 38.3 Å². The number of anilines is 1. The lowest BCUT2D eigenvalue weighted by Gasteiger charge is -2.13. The number of nitrogens with zero attached hydrogens (tertiary/aromatic N) is 5. The molecule has 2 amide bonds. The highest BCUT2D eigenvalue weighted by molar-refractivity contribution is 7.20. The van der Waals surface area contributed by atoms with Gasteiger partial charge in [-0.15, -0.1) is 5.10 Å². The van der Waals surface area contributed by atoms with Crippen molar-refractivity contribution in [2.24, 2.45) is 0 Å². The summed E-state index contributed by atoms with van der Waals surface area (Å²) in [5.74, 6) is -0.287. The highest BCUT2D eigenvalue weighted by Crippen LogP contribution is 2.34. The lowest BCUT2D eigenvalue weighted by Crippen LogP contribution is -2.33. The molecule has 5 rings (SSSR count). The number of carbonyl (C=O) groups excluding carboxylic acids is 2. The number of amides is 2. The summed E-state index contributed by atoms with van der Waals surface area (Å²) in [5.41, 5.74) is 2.42. The maximum atomic E-state index is 13.2. The van der Waals surface area contributed by atoms with Crippen LogP contribution in [-0.4, -0.2) is 60.7 Å². The van der Waals surface area contributed by atoms with Gasteiger partial charge >= 0.3 is 0 Å². The monoisotopic (exact) mass is 527 g/mol. The number of nitrogens with one attached hydrogen (secondary N) is 2. The van der Waals surface area contributed by atoms with Gasteiger partial charge in [0.05, 0.1) is 31.2 Å². The van der Waals surface area contributed by atoms with Crippen molar-refractivity contribution < 1.29 is 19.4 Å². The maximum absolute atomic E-state index is 13.2. The zero-order valence-corrected chi connectivity index (χ0v) is 20.9. The van der Waals surface area contributed by atoms with Crippen LogP contribution >= 0.6 is 22.9 Å². The van der Waals surface area contributed by atoms with E-state index in [9.17, 15) is 14.7 Å². The van der Waals surface area contributed by atoms with Crippen LogP contribution in [0.4, 0.5) is 5.13 Å². The highest BCUT2D eigenvalue weighted by Gasteiger charge is 2.26. The fraction of sp³-hybridized carbons (Fsp3) is 0.304. The molecule has 0 saturated heterocycles. The first-order valence-electron chi connectivity index (χ1n) is 11.1. The van der Waals surface area contributed by atoms with Gasteiger partial charge in [0, 0.05) is 29.1 Å². The van der Waals surface area contributed by atoms with Gasteiger partial charge in [-0.25, -0.2) is 14.5 Å². The molecule has 0 unspecified atom stereocenters. The molecule has 2 atom stereocenters. The molecule has 0 aromatic carbocycles. The number of imidazole rings is 1. The number of pyridine rings is 2. The van der Waals surface area contributed by atoms with Crippen molar-refractivity contribution in [1.82, 2.24) is 29.9 Å².